The average Bonchev–Trinajstić information content (AvgIpc) is 2.93. The summed E-state index contributed by atoms with van der Waals surface area (Å²) in [5.74, 6) is 0.0867. The second-order valence-electron chi connectivity index (χ2n) is 5.48. The number of carbonyl (C=O) groups excluding carboxylic acids is 1. The Balaban J connectivity index is 2.08. The van der Waals surface area contributed by atoms with Crippen molar-refractivity contribution in [3.63, 3.8) is 0 Å². The third kappa shape index (κ3) is 4.94. The first-order valence-electron chi connectivity index (χ1n) is 7.10. The number of benzene rings is 1. The van der Waals surface area contributed by atoms with Crippen LogP contribution in [0.1, 0.15) is 16.9 Å². The van der Waals surface area contributed by atoms with Crippen molar-refractivity contribution in [2.75, 3.05) is 18.1 Å². The standard InChI is InChI=1S/C16H20N2O4S/c1-12-6-7-15(13(2)9-12)17-16(19)11-18(23(3,20)21)10-14-5-4-8-22-14/h4-9H,10-11H2,1-3H3,(H,17,19). The minimum Gasteiger partial charge on any atom is -0.468 e. The molecule has 0 atom stereocenters. The highest BCUT2D eigenvalue weighted by Crippen LogP contribution is 2.16. The molecule has 2 aromatic rings. The van der Waals surface area contributed by atoms with E-state index >= 15 is 0 Å². The molecule has 0 saturated heterocycles. The van der Waals surface area contributed by atoms with E-state index in [1.54, 1.807) is 18.2 Å². The van der Waals surface area contributed by atoms with E-state index in [9.17, 15) is 13.2 Å². The van der Waals surface area contributed by atoms with Gasteiger partial charge in [-0.3, -0.25) is 4.79 Å². The van der Waals surface area contributed by atoms with E-state index in [1.165, 1.54) is 6.26 Å². The summed E-state index contributed by atoms with van der Waals surface area (Å²) < 4.78 is 30.0. The van der Waals surface area contributed by atoms with Crippen LogP contribution in [0.5, 0.6) is 0 Å². The van der Waals surface area contributed by atoms with Crippen molar-refractivity contribution >= 4 is 21.6 Å². The van der Waals surface area contributed by atoms with E-state index in [0.717, 1.165) is 21.7 Å². The van der Waals surface area contributed by atoms with Gasteiger partial charge in [0.2, 0.25) is 15.9 Å². The van der Waals surface area contributed by atoms with Crippen molar-refractivity contribution in [1.82, 2.24) is 4.31 Å². The van der Waals surface area contributed by atoms with Gasteiger partial charge in [0.15, 0.2) is 0 Å². The molecule has 1 N–H and O–H groups in total. The SMILES string of the molecule is Cc1ccc(NC(=O)CN(Cc2ccco2)S(C)(=O)=O)c(C)c1. The van der Waals surface area contributed by atoms with Crippen LogP contribution in [0, 0.1) is 13.8 Å². The molecule has 0 spiro atoms. The van der Waals surface area contributed by atoms with Crippen molar-refractivity contribution in [1.29, 1.82) is 0 Å². The van der Waals surface area contributed by atoms with Gasteiger partial charge < -0.3 is 9.73 Å². The van der Waals surface area contributed by atoms with Gasteiger partial charge in [0.25, 0.3) is 0 Å². The summed E-state index contributed by atoms with van der Waals surface area (Å²) in [6.07, 6.45) is 2.53. The summed E-state index contributed by atoms with van der Waals surface area (Å²) in [7, 11) is -3.53. The summed E-state index contributed by atoms with van der Waals surface area (Å²) in [4.78, 5) is 12.2. The molecule has 1 amide bonds. The van der Waals surface area contributed by atoms with Gasteiger partial charge in [-0.2, -0.15) is 4.31 Å². The lowest BCUT2D eigenvalue weighted by molar-refractivity contribution is -0.116. The van der Waals surface area contributed by atoms with Gasteiger partial charge in [-0.05, 0) is 37.6 Å². The number of anilines is 1. The van der Waals surface area contributed by atoms with E-state index < -0.39 is 15.9 Å². The van der Waals surface area contributed by atoms with Crippen molar-refractivity contribution in [2.24, 2.45) is 0 Å². The van der Waals surface area contributed by atoms with Gasteiger partial charge in [0, 0.05) is 5.69 Å². The van der Waals surface area contributed by atoms with Crippen molar-refractivity contribution in [3.05, 3.63) is 53.5 Å². The monoisotopic (exact) mass is 336 g/mol. The number of hydrogen-bond donors (Lipinski definition) is 1. The average molecular weight is 336 g/mol. The molecule has 0 fully saturated rings. The van der Waals surface area contributed by atoms with E-state index in [4.69, 9.17) is 4.42 Å². The Kier molecular flexibility index (Phi) is 5.23. The number of aryl methyl sites for hydroxylation is 2. The van der Waals surface area contributed by atoms with Crippen LogP contribution in [0.4, 0.5) is 5.69 Å². The number of amides is 1. The highest BCUT2D eigenvalue weighted by Gasteiger charge is 2.21. The Morgan fingerprint density at radius 2 is 2.00 bits per heavy atom. The van der Waals surface area contributed by atoms with Crippen LogP contribution in [-0.2, 0) is 21.4 Å². The van der Waals surface area contributed by atoms with Crippen LogP contribution < -0.4 is 5.32 Å². The summed E-state index contributed by atoms with van der Waals surface area (Å²) >= 11 is 0. The molecule has 0 bridgehead atoms. The zero-order valence-electron chi connectivity index (χ0n) is 13.4. The topological polar surface area (TPSA) is 79.6 Å². The number of nitrogens with zero attached hydrogens (tertiary/aromatic N) is 1. The van der Waals surface area contributed by atoms with E-state index in [0.29, 0.717) is 11.4 Å². The Morgan fingerprint density at radius 3 is 2.57 bits per heavy atom. The quantitative estimate of drug-likeness (QED) is 0.878. The Hall–Kier alpha value is -2.12. The molecular formula is C16H20N2O4S. The number of furan rings is 1. The summed E-state index contributed by atoms with van der Waals surface area (Å²) in [5.41, 5.74) is 2.69. The Labute approximate surface area is 136 Å². The van der Waals surface area contributed by atoms with Crippen LogP contribution in [-0.4, -0.2) is 31.4 Å². The summed E-state index contributed by atoms with van der Waals surface area (Å²) in [6.45, 7) is 3.60. The second kappa shape index (κ2) is 6.97. The molecule has 0 aliphatic carbocycles. The molecule has 1 aromatic carbocycles. The number of nitrogens with one attached hydrogen (secondary N) is 1. The van der Waals surface area contributed by atoms with Crippen LogP contribution in [0.15, 0.2) is 41.0 Å². The van der Waals surface area contributed by atoms with E-state index in [2.05, 4.69) is 5.32 Å². The van der Waals surface area contributed by atoms with Crippen LogP contribution >= 0.6 is 0 Å². The normalized spacial score (nSPS) is 11.7. The first-order chi connectivity index (χ1) is 10.8. The molecule has 0 unspecified atom stereocenters. The Bertz CT molecular complexity index is 782. The number of sulfonamides is 1. The molecular weight excluding hydrogens is 316 g/mol. The third-order valence-corrected chi connectivity index (χ3v) is 4.55. The predicted octanol–water partition coefficient (Wildman–Crippen LogP) is 2.30. The lowest BCUT2D eigenvalue weighted by atomic mass is 10.1. The van der Waals surface area contributed by atoms with Gasteiger partial charge in [-0.25, -0.2) is 8.42 Å². The highest BCUT2D eigenvalue weighted by atomic mass is 32.2. The van der Waals surface area contributed by atoms with Crippen LogP contribution in [0.25, 0.3) is 0 Å². The van der Waals surface area contributed by atoms with Crippen molar-refractivity contribution in [3.8, 4) is 0 Å². The molecule has 23 heavy (non-hydrogen) atoms. The minimum atomic E-state index is -3.53. The summed E-state index contributed by atoms with van der Waals surface area (Å²) in [5, 5.41) is 2.74. The smallest absolute Gasteiger partial charge is 0.239 e. The van der Waals surface area contributed by atoms with Gasteiger partial charge in [-0.1, -0.05) is 17.7 Å². The van der Waals surface area contributed by atoms with E-state index in [-0.39, 0.29) is 13.1 Å². The van der Waals surface area contributed by atoms with E-state index in [1.807, 2.05) is 26.0 Å². The van der Waals surface area contributed by atoms with Crippen molar-refractivity contribution < 1.29 is 17.6 Å². The highest BCUT2D eigenvalue weighted by molar-refractivity contribution is 7.88. The molecule has 0 aliphatic heterocycles. The first-order valence-corrected chi connectivity index (χ1v) is 8.95. The second-order valence-corrected chi connectivity index (χ2v) is 7.46. The molecule has 1 heterocycles. The first kappa shape index (κ1) is 17.2. The fraction of sp³-hybridized carbons (Fsp3) is 0.312. The Morgan fingerprint density at radius 1 is 1.26 bits per heavy atom. The number of carbonyl (C=O) groups is 1. The van der Waals surface area contributed by atoms with Gasteiger partial charge >= 0.3 is 0 Å². The molecule has 1 aromatic heterocycles. The zero-order chi connectivity index (χ0) is 17.0. The molecule has 124 valence electrons. The van der Waals surface area contributed by atoms with Gasteiger partial charge in [0.05, 0.1) is 25.6 Å². The molecule has 2 rings (SSSR count). The zero-order valence-corrected chi connectivity index (χ0v) is 14.2. The van der Waals surface area contributed by atoms with Gasteiger partial charge in [-0.15, -0.1) is 0 Å². The van der Waals surface area contributed by atoms with Crippen molar-refractivity contribution in [2.45, 2.75) is 20.4 Å². The van der Waals surface area contributed by atoms with Gasteiger partial charge in [0.1, 0.15) is 5.76 Å². The number of rotatable bonds is 6. The fourth-order valence-electron chi connectivity index (χ4n) is 2.17. The fourth-order valence-corrected chi connectivity index (χ4v) is 2.88. The molecule has 7 heteroatoms. The molecule has 6 nitrogen and oxygen atoms in total. The molecule has 0 saturated carbocycles. The number of hydrogen-bond acceptors (Lipinski definition) is 4. The minimum absolute atomic E-state index is 0.0200. The van der Waals surface area contributed by atoms with Crippen LogP contribution in [0.2, 0.25) is 0 Å². The summed E-state index contributed by atoms with van der Waals surface area (Å²) in [6, 6.07) is 8.98. The maximum atomic E-state index is 12.2. The third-order valence-electron chi connectivity index (χ3n) is 3.36. The molecule has 0 aliphatic rings. The predicted molar refractivity (Wildman–Crippen MR) is 88.5 cm³/mol. The largest absolute Gasteiger partial charge is 0.468 e. The maximum absolute atomic E-state index is 12.2. The van der Waals surface area contributed by atoms with Crippen LogP contribution in [0.3, 0.4) is 0 Å². The lowest BCUT2D eigenvalue weighted by Gasteiger charge is -2.18. The maximum Gasteiger partial charge on any atom is 0.239 e. The lowest BCUT2D eigenvalue weighted by Crippen LogP contribution is -2.36. The molecule has 0 radical (unpaired) electrons.